The Morgan fingerprint density at radius 3 is 3.07 bits per heavy atom. The molecule has 1 aliphatic rings. The fourth-order valence-corrected chi connectivity index (χ4v) is 3.50. The lowest BCUT2D eigenvalue weighted by Crippen LogP contribution is -2.16. The van der Waals surface area contributed by atoms with Gasteiger partial charge in [-0.05, 0) is 31.4 Å². The van der Waals surface area contributed by atoms with Crippen LogP contribution in [0.15, 0.2) is 6.07 Å². The van der Waals surface area contributed by atoms with E-state index in [1.54, 1.807) is 11.3 Å². The average molecular weight is 210 g/mol. The van der Waals surface area contributed by atoms with E-state index in [1.807, 2.05) is 6.92 Å². The molecule has 3 heteroatoms. The maximum atomic E-state index is 10.9. The van der Waals surface area contributed by atoms with E-state index in [-0.39, 0.29) is 11.8 Å². The van der Waals surface area contributed by atoms with Crippen LogP contribution in [0, 0.1) is 12.8 Å². The summed E-state index contributed by atoms with van der Waals surface area (Å²) in [6, 6.07) is 2.20. The minimum absolute atomic E-state index is 0.241. The van der Waals surface area contributed by atoms with Gasteiger partial charge in [-0.25, -0.2) is 0 Å². The number of thiophene rings is 1. The third-order valence-electron chi connectivity index (χ3n) is 3.02. The highest BCUT2D eigenvalue weighted by molar-refractivity contribution is 7.12. The minimum atomic E-state index is -0.672. The van der Waals surface area contributed by atoms with Crippen LogP contribution in [0.5, 0.6) is 0 Å². The standard InChI is InChI=1S/C11H14O2S/c1-6-5-8-3-4-9(10(8)14-6)7(2)11(12)13/h5,7,9H,3-4H2,1-2H3,(H,12,13). The zero-order valence-electron chi connectivity index (χ0n) is 8.41. The molecule has 2 rings (SSSR count). The number of fused-ring (bicyclic) bond motifs is 1. The number of rotatable bonds is 2. The number of hydrogen-bond donors (Lipinski definition) is 1. The maximum absolute atomic E-state index is 10.9. The highest BCUT2D eigenvalue weighted by atomic mass is 32.1. The first kappa shape index (κ1) is 9.71. The molecule has 2 atom stereocenters. The monoisotopic (exact) mass is 210 g/mol. The second-order valence-electron chi connectivity index (χ2n) is 4.02. The van der Waals surface area contributed by atoms with Gasteiger partial charge in [0.15, 0.2) is 0 Å². The van der Waals surface area contributed by atoms with Crippen molar-refractivity contribution < 1.29 is 9.90 Å². The van der Waals surface area contributed by atoms with Crippen LogP contribution in [0.3, 0.4) is 0 Å². The summed E-state index contributed by atoms with van der Waals surface area (Å²) in [5.74, 6) is -0.663. The lowest BCUT2D eigenvalue weighted by Gasteiger charge is -2.14. The smallest absolute Gasteiger partial charge is 0.306 e. The lowest BCUT2D eigenvalue weighted by molar-refractivity contribution is -0.141. The van der Waals surface area contributed by atoms with E-state index in [9.17, 15) is 4.79 Å². The SMILES string of the molecule is Cc1cc2c(s1)C(C(C)C(=O)O)CC2. The largest absolute Gasteiger partial charge is 0.481 e. The summed E-state index contributed by atoms with van der Waals surface area (Å²) in [6.45, 7) is 3.91. The molecule has 1 aliphatic carbocycles. The van der Waals surface area contributed by atoms with Gasteiger partial charge in [-0.1, -0.05) is 6.92 Å². The van der Waals surface area contributed by atoms with E-state index in [1.165, 1.54) is 15.3 Å². The molecule has 1 N–H and O–H groups in total. The summed E-state index contributed by atoms with van der Waals surface area (Å²) in [4.78, 5) is 13.5. The summed E-state index contributed by atoms with van der Waals surface area (Å²) in [5.41, 5.74) is 1.38. The Labute approximate surface area is 87.6 Å². The molecule has 0 saturated carbocycles. The quantitative estimate of drug-likeness (QED) is 0.815. The topological polar surface area (TPSA) is 37.3 Å². The molecule has 0 aliphatic heterocycles. The molecule has 76 valence electrons. The van der Waals surface area contributed by atoms with Crippen molar-refractivity contribution in [3.8, 4) is 0 Å². The predicted octanol–water partition coefficient (Wildman–Crippen LogP) is 2.81. The van der Waals surface area contributed by atoms with Crippen molar-refractivity contribution in [2.45, 2.75) is 32.6 Å². The first-order valence-corrected chi connectivity index (χ1v) is 5.73. The van der Waals surface area contributed by atoms with Gasteiger partial charge < -0.3 is 5.11 Å². The molecule has 0 spiro atoms. The van der Waals surface area contributed by atoms with Crippen LogP contribution >= 0.6 is 11.3 Å². The first-order valence-electron chi connectivity index (χ1n) is 4.91. The Morgan fingerprint density at radius 2 is 2.43 bits per heavy atom. The molecular weight excluding hydrogens is 196 g/mol. The van der Waals surface area contributed by atoms with Gasteiger partial charge in [0.2, 0.25) is 0 Å². The zero-order valence-corrected chi connectivity index (χ0v) is 9.23. The van der Waals surface area contributed by atoms with Crippen molar-refractivity contribution in [3.05, 3.63) is 21.4 Å². The molecule has 0 radical (unpaired) electrons. The van der Waals surface area contributed by atoms with E-state index < -0.39 is 5.97 Å². The predicted molar refractivity (Wildman–Crippen MR) is 56.9 cm³/mol. The Bertz CT molecular complexity index is 367. The second-order valence-corrected chi connectivity index (χ2v) is 5.31. The summed E-state index contributed by atoms with van der Waals surface area (Å²) in [7, 11) is 0. The van der Waals surface area contributed by atoms with Gasteiger partial charge in [0.25, 0.3) is 0 Å². The van der Waals surface area contributed by atoms with E-state index in [4.69, 9.17) is 5.11 Å². The number of carbonyl (C=O) groups is 1. The first-order chi connectivity index (χ1) is 6.59. The molecular formula is C11H14O2S. The number of hydrogen-bond acceptors (Lipinski definition) is 2. The van der Waals surface area contributed by atoms with E-state index >= 15 is 0 Å². The molecule has 1 heterocycles. The average Bonchev–Trinajstić information content (AvgIpc) is 2.61. The minimum Gasteiger partial charge on any atom is -0.481 e. The van der Waals surface area contributed by atoms with Gasteiger partial charge >= 0.3 is 5.97 Å². The molecule has 0 bridgehead atoms. The Hall–Kier alpha value is -0.830. The molecule has 1 aromatic rings. The molecule has 2 unspecified atom stereocenters. The van der Waals surface area contributed by atoms with Crippen molar-refractivity contribution in [1.29, 1.82) is 0 Å². The maximum Gasteiger partial charge on any atom is 0.306 e. The van der Waals surface area contributed by atoms with Crippen LogP contribution in [-0.2, 0) is 11.2 Å². The van der Waals surface area contributed by atoms with Crippen LogP contribution in [0.2, 0.25) is 0 Å². The summed E-state index contributed by atoms with van der Waals surface area (Å²) < 4.78 is 0. The fourth-order valence-electron chi connectivity index (χ4n) is 2.19. The van der Waals surface area contributed by atoms with E-state index in [2.05, 4.69) is 13.0 Å². The lowest BCUT2D eigenvalue weighted by atomic mass is 9.93. The van der Waals surface area contributed by atoms with Gasteiger partial charge in [-0.2, -0.15) is 0 Å². The molecule has 2 nitrogen and oxygen atoms in total. The number of aliphatic carboxylic acids is 1. The number of aryl methyl sites for hydroxylation is 2. The molecule has 0 saturated heterocycles. The fraction of sp³-hybridized carbons (Fsp3) is 0.545. The van der Waals surface area contributed by atoms with Crippen LogP contribution in [-0.4, -0.2) is 11.1 Å². The van der Waals surface area contributed by atoms with Crippen molar-refractivity contribution in [1.82, 2.24) is 0 Å². The molecule has 0 aromatic carbocycles. The second kappa shape index (κ2) is 3.39. The van der Waals surface area contributed by atoms with E-state index in [0.29, 0.717) is 0 Å². The molecule has 0 amide bonds. The van der Waals surface area contributed by atoms with Crippen molar-refractivity contribution >= 4 is 17.3 Å². The Kier molecular flexibility index (Phi) is 2.35. The van der Waals surface area contributed by atoms with Crippen LogP contribution in [0.25, 0.3) is 0 Å². The normalized spacial score (nSPS) is 22.0. The Morgan fingerprint density at radius 1 is 1.71 bits per heavy atom. The van der Waals surface area contributed by atoms with Gasteiger partial charge in [-0.15, -0.1) is 11.3 Å². The van der Waals surface area contributed by atoms with Crippen LogP contribution in [0.1, 0.15) is 34.6 Å². The van der Waals surface area contributed by atoms with Gasteiger partial charge in [-0.3, -0.25) is 4.79 Å². The highest BCUT2D eigenvalue weighted by Gasteiger charge is 2.32. The van der Waals surface area contributed by atoms with E-state index in [0.717, 1.165) is 12.8 Å². The molecule has 14 heavy (non-hydrogen) atoms. The summed E-state index contributed by atoms with van der Waals surface area (Å²) in [6.07, 6.45) is 2.07. The van der Waals surface area contributed by atoms with Crippen LogP contribution < -0.4 is 0 Å². The van der Waals surface area contributed by atoms with Gasteiger partial charge in [0.05, 0.1) is 5.92 Å². The highest BCUT2D eigenvalue weighted by Crippen LogP contribution is 2.43. The van der Waals surface area contributed by atoms with Gasteiger partial charge in [0.1, 0.15) is 0 Å². The van der Waals surface area contributed by atoms with Crippen LogP contribution in [0.4, 0.5) is 0 Å². The summed E-state index contributed by atoms with van der Waals surface area (Å²) >= 11 is 1.77. The third kappa shape index (κ3) is 1.46. The molecule has 0 fully saturated rings. The van der Waals surface area contributed by atoms with Gasteiger partial charge in [0, 0.05) is 15.7 Å². The zero-order chi connectivity index (χ0) is 10.3. The third-order valence-corrected chi connectivity index (χ3v) is 4.24. The summed E-state index contributed by atoms with van der Waals surface area (Å²) in [5, 5.41) is 8.98. The van der Waals surface area contributed by atoms with Crippen molar-refractivity contribution in [2.24, 2.45) is 5.92 Å². The van der Waals surface area contributed by atoms with Crippen molar-refractivity contribution in [2.75, 3.05) is 0 Å². The number of carboxylic acid groups (broad SMARTS) is 1. The van der Waals surface area contributed by atoms with Crippen molar-refractivity contribution in [3.63, 3.8) is 0 Å². The number of carboxylic acids is 1. The Balaban J connectivity index is 2.29. The molecule has 1 aromatic heterocycles.